The summed E-state index contributed by atoms with van der Waals surface area (Å²) < 4.78 is 0. The van der Waals surface area contributed by atoms with Crippen molar-refractivity contribution in [2.24, 2.45) is 0 Å². The molecule has 3 aromatic carbocycles. The van der Waals surface area contributed by atoms with Crippen molar-refractivity contribution < 1.29 is 19.8 Å². The maximum absolute atomic E-state index is 12.9. The molecule has 0 aliphatic rings. The molecule has 3 rings (SSSR count). The highest BCUT2D eigenvalue weighted by atomic mass is 16.3. The lowest BCUT2D eigenvalue weighted by atomic mass is 10.0. The number of anilines is 2. The average Bonchev–Trinajstić information content (AvgIpc) is 2.83. The number of amides is 2. The number of phenols is 2. The maximum atomic E-state index is 12.9. The number of hydrogen-bond acceptors (Lipinski definition) is 4. The van der Waals surface area contributed by atoms with Gasteiger partial charge in [0.15, 0.2) is 0 Å². The molecule has 0 unspecified atom stereocenters. The molecule has 4 N–H and O–H groups in total. The van der Waals surface area contributed by atoms with Crippen LogP contribution in [-0.2, 0) is 12.8 Å². The molecule has 34 heavy (non-hydrogen) atoms. The van der Waals surface area contributed by atoms with Crippen LogP contribution in [0.2, 0.25) is 0 Å². The van der Waals surface area contributed by atoms with Crippen molar-refractivity contribution in [3.05, 3.63) is 82.9 Å². The first-order valence-corrected chi connectivity index (χ1v) is 11.8. The summed E-state index contributed by atoms with van der Waals surface area (Å²) in [6.07, 6.45) is 5.19. The Morgan fingerprint density at radius 1 is 0.647 bits per heavy atom. The molecular weight excluding hydrogens is 428 g/mol. The number of benzene rings is 3. The predicted molar refractivity (Wildman–Crippen MR) is 136 cm³/mol. The lowest BCUT2D eigenvalue weighted by Crippen LogP contribution is -2.17. The minimum Gasteiger partial charge on any atom is -0.507 e. The molecule has 6 heteroatoms. The van der Waals surface area contributed by atoms with Gasteiger partial charge in [0.1, 0.15) is 11.5 Å². The van der Waals surface area contributed by atoms with Crippen LogP contribution in [0.1, 0.15) is 71.4 Å². The molecule has 0 fully saturated rings. The van der Waals surface area contributed by atoms with Crippen molar-refractivity contribution in [3.63, 3.8) is 0 Å². The Hall–Kier alpha value is -3.80. The monoisotopic (exact) mass is 460 g/mol. The number of unbranched alkanes of at least 4 members (excludes halogenated alkanes) is 2. The van der Waals surface area contributed by atoms with Crippen LogP contribution in [0, 0.1) is 0 Å². The zero-order valence-electron chi connectivity index (χ0n) is 19.7. The topological polar surface area (TPSA) is 98.7 Å². The molecule has 0 saturated heterocycles. The fraction of sp³-hybridized carbons (Fsp3) is 0.286. The van der Waals surface area contributed by atoms with Gasteiger partial charge in [0.2, 0.25) is 0 Å². The fourth-order valence-corrected chi connectivity index (χ4v) is 3.77. The first-order valence-electron chi connectivity index (χ1n) is 11.8. The van der Waals surface area contributed by atoms with Crippen LogP contribution in [0.3, 0.4) is 0 Å². The lowest BCUT2D eigenvalue weighted by molar-refractivity contribution is 0.101. The fourth-order valence-electron chi connectivity index (χ4n) is 3.77. The number of carbonyl (C=O) groups excluding carboxylic acids is 2. The number of aryl methyl sites for hydroxylation is 2. The Balaban J connectivity index is 1.80. The third-order valence-electron chi connectivity index (χ3n) is 5.75. The zero-order valence-corrected chi connectivity index (χ0v) is 19.7. The smallest absolute Gasteiger partial charge is 0.259 e. The molecular formula is C28H32N2O4. The van der Waals surface area contributed by atoms with Crippen molar-refractivity contribution in [1.82, 2.24) is 0 Å². The van der Waals surface area contributed by atoms with E-state index < -0.39 is 11.8 Å². The van der Waals surface area contributed by atoms with Crippen LogP contribution in [0.15, 0.2) is 60.7 Å². The van der Waals surface area contributed by atoms with Gasteiger partial charge in [-0.15, -0.1) is 0 Å². The molecule has 0 saturated carbocycles. The van der Waals surface area contributed by atoms with Crippen LogP contribution in [0.25, 0.3) is 0 Å². The van der Waals surface area contributed by atoms with Gasteiger partial charge < -0.3 is 20.8 Å². The Bertz CT molecular complexity index is 1070. The van der Waals surface area contributed by atoms with E-state index in [1.54, 1.807) is 48.5 Å². The quantitative estimate of drug-likeness (QED) is 0.286. The van der Waals surface area contributed by atoms with E-state index in [1.807, 2.05) is 12.1 Å². The minimum atomic E-state index is -0.470. The first kappa shape index (κ1) is 24.8. The van der Waals surface area contributed by atoms with Crippen molar-refractivity contribution in [1.29, 1.82) is 0 Å². The van der Waals surface area contributed by atoms with Crippen LogP contribution < -0.4 is 10.6 Å². The van der Waals surface area contributed by atoms with E-state index in [2.05, 4.69) is 24.5 Å². The van der Waals surface area contributed by atoms with Crippen molar-refractivity contribution in [3.8, 4) is 11.5 Å². The summed E-state index contributed by atoms with van der Waals surface area (Å²) in [7, 11) is 0. The Morgan fingerprint density at radius 2 is 1.06 bits per heavy atom. The number of rotatable bonds is 10. The van der Waals surface area contributed by atoms with Crippen LogP contribution >= 0.6 is 0 Å². The van der Waals surface area contributed by atoms with E-state index in [-0.39, 0.29) is 22.6 Å². The summed E-state index contributed by atoms with van der Waals surface area (Å²) in [5.41, 5.74) is 2.60. The van der Waals surface area contributed by atoms with Crippen molar-refractivity contribution >= 4 is 23.2 Å². The molecule has 0 aliphatic heterocycles. The Morgan fingerprint density at radius 3 is 1.44 bits per heavy atom. The van der Waals surface area contributed by atoms with Gasteiger partial charge in [0.25, 0.3) is 11.8 Å². The largest absolute Gasteiger partial charge is 0.507 e. The molecule has 178 valence electrons. The van der Waals surface area contributed by atoms with Gasteiger partial charge in [-0.3, -0.25) is 9.59 Å². The van der Waals surface area contributed by atoms with Crippen molar-refractivity contribution in [2.45, 2.75) is 52.4 Å². The summed E-state index contributed by atoms with van der Waals surface area (Å²) in [4.78, 5) is 25.9. The summed E-state index contributed by atoms with van der Waals surface area (Å²) in [5, 5.41) is 26.7. The van der Waals surface area contributed by atoms with Gasteiger partial charge in [0.05, 0.1) is 22.5 Å². The van der Waals surface area contributed by atoms with E-state index in [9.17, 15) is 19.8 Å². The van der Waals surface area contributed by atoms with Crippen LogP contribution in [0.5, 0.6) is 11.5 Å². The third-order valence-corrected chi connectivity index (χ3v) is 5.75. The van der Waals surface area contributed by atoms with Gasteiger partial charge in [-0.1, -0.05) is 63.1 Å². The maximum Gasteiger partial charge on any atom is 0.259 e. The normalized spacial score (nSPS) is 10.6. The number of phenolic OH excluding ortho intramolecular Hbond substituents is 2. The number of hydrogen-bond donors (Lipinski definition) is 4. The minimum absolute atomic E-state index is 0.0243. The Labute approximate surface area is 200 Å². The van der Waals surface area contributed by atoms with Crippen LogP contribution in [0.4, 0.5) is 11.4 Å². The second-order valence-electron chi connectivity index (χ2n) is 8.29. The highest BCUT2D eigenvalue weighted by Gasteiger charge is 2.18. The van der Waals surface area contributed by atoms with Gasteiger partial charge in [0, 0.05) is 0 Å². The number of carbonyl (C=O) groups is 2. The molecule has 0 bridgehead atoms. The number of para-hydroxylation sites is 4. The van der Waals surface area contributed by atoms with E-state index >= 15 is 0 Å². The molecule has 0 spiro atoms. The molecule has 0 aromatic heterocycles. The van der Waals surface area contributed by atoms with Gasteiger partial charge in [-0.2, -0.15) is 0 Å². The SMILES string of the molecule is CCCCc1cccc(C(=O)Nc2ccccc2NC(=O)c2cccc(CCCC)c2O)c1O. The molecule has 0 heterocycles. The van der Waals surface area contributed by atoms with Gasteiger partial charge >= 0.3 is 0 Å². The summed E-state index contributed by atoms with van der Waals surface area (Å²) in [6.45, 7) is 4.14. The van der Waals surface area contributed by atoms with Gasteiger partial charge in [-0.05, 0) is 61.1 Å². The molecule has 3 aromatic rings. The number of nitrogens with one attached hydrogen (secondary N) is 2. The molecule has 0 atom stereocenters. The second-order valence-corrected chi connectivity index (χ2v) is 8.29. The third kappa shape index (κ3) is 5.95. The highest BCUT2D eigenvalue weighted by Crippen LogP contribution is 2.29. The Kier molecular flexibility index (Phi) is 8.68. The standard InChI is InChI=1S/C28H32N2O4/c1-3-5-11-19-13-9-15-21(25(19)31)27(33)29-23-17-7-8-18-24(23)30-28(34)22-16-10-14-20(26(22)32)12-6-4-2/h7-10,13-18,31-32H,3-6,11-12H2,1-2H3,(H,29,33)(H,30,34). The summed E-state index contributed by atoms with van der Waals surface area (Å²) >= 11 is 0. The van der Waals surface area contributed by atoms with Gasteiger partial charge in [-0.25, -0.2) is 0 Å². The summed E-state index contributed by atoms with van der Waals surface area (Å²) in [6, 6.07) is 17.1. The molecule has 0 aliphatic carbocycles. The average molecular weight is 461 g/mol. The highest BCUT2D eigenvalue weighted by molar-refractivity contribution is 6.11. The van der Waals surface area contributed by atoms with E-state index in [0.717, 1.165) is 36.8 Å². The first-order chi connectivity index (χ1) is 16.5. The van der Waals surface area contributed by atoms with E-state index in [1.165, 1.54) is 0 Å². The lowest BCUT2D eigenvalue weighted by Gasteiger charge is -2.15. The molecule has 2 amide bonds. The zero-order chi connectivity index (χ0) is 24.5. The number of aromatic hydroxyl groups is 2. The van der Waals surface area contributed by atoms with Crippen LogP contribution in [-0.4, -0.2) is 22.0 Å². The van der Waals surface area contributed by atoms with Crippen molar-refractivity contribution in [2.75, 3.05) is 10.6 Å². The summed E-state index contributed by atoms with van der Waals surface area (Å²) in [5.74, 6) is -0.989. The van der Waals surface area contributed by atoms with E-state index in [4.69, 9.17) is 0 Å². The predicted octanol–water partition coefficient (Wildman–Crippen LogP) is 6.29. The molecule has 0 radical (unpaired) electrons. The second kappa shape index (κ2) is 11.9. The molecule has 6 nitrogen and oxygen atoms in total. The van der Waals surface area contributed by atoms with E-state index in [0.29, 0.717) is 24.2 Å².